The van der Waals surface area contributed by atoms with Crippen LogP contribution in [-0.4, -0.2) is 94.1 Å². The zero-order valence-electron chi connectivity index (χ0n) is 27.8. The molecule has 4 amide bonds. The largest absolute Gasteiger partial charge is 0.480 e. The molecule has 0 saturated carbocycles. The number of aliphatic carboxylic acids is 1. The highest BCUT2D eigenvalue weighted by Crippen LogP contribution is 2.25. The summed E-state index contributed by atoms with van der Waals surface area (Å²) in [5.41, 5.74) is 9.12. The third-order valence-electron chi connectivity index (χ3n) is 8.09. The molecule has 3 N–H and O–H groups in total. The van der Waals surface area contributed by atoms with Gasteiger partial charge in [-0.15, -0.1) is 0 Å². The zero-order chi connectivity index (χ0) is 34.9. The lowest BCUT2D eigenvalue weighted by Gasteiger charge is -2.32. The number of carboxylic acids is 1. The first-order valence-corrected chi connectivity index (χ1v) is 15.8. The number of fused-ring (bicyclic) bond motifs is 1. The van der Waals surface area contributed by atoms with Crippen molar-refractivity contribution in [3.8, 4) is 0 Å². The van der Waals surface area contributed by atoms with Crippen LogP contribution in [0.25, 0.3) is 21.2 Å². The standard InChI is InChI=1S/C33H45N7O7/c1-7-8-13-25(35-28(41)20(2)39(6)32(46)47-33(3,4)5)30(43)40-17-16-24(37-38-34)27(40)29(42)36-26(31(44)45)19-21-14-15-22-11-9-10-12-23(22)18-21/h9-12,14-15,18,20,24-27H,7-8,13,16-17,19H2,1-6H3,(H,35,41)(H,36,42)(H,44,45)/t20-,24+,25+,26-,27-/m0/s1. The van der Waals surface area contributed by atoms with Crippen LogP contribution in [0.5, 0.6) is 0 Å². The molecule has 2 aromatic rings. The van der Waals surface area contributed by atoms with Gasteiger partial charge in [-0.3, -0.25) is 19.3 Å². The van der Waals surface area contributed by atoms with Gasteiger partial charge in [0, 0.05) is 24.9 Å². The molecule has 0 unspecified atom stereocenters. The fraction of sp³-hybridized carbons (Fsp3) is 0.545. The summed E-state index contributed by atoms with van der Waals surface area (Å²) in [6.45, 7) is 8.60. The number of likely N-dealkylation sites (N-methyl/N-ethyl adjacent to an activating group) is 1. The zero-order valence-corrected chi connectivity index (χ0v) is 27.8. The van der Waals surface area contributed by atoms with Crippen LogP contribution in [0.3, 0.4) is 0 Å². The number of benzene rings is 2. The number of likely N-dealkylation sites (tertiary alicyclic amines) is 1. The molecule has 14 heteroatoms. The molecule has 14 nitrogen and oxygen atoms in total. The molecular formula is C33H45N7O7. The fourth-order valence-corrected chi connectivity index (χ4v) is 5.41. The van der Waals surface area contributed by atoms with Gasteiger partial charge < -0.3 is 25.4 Å². The van der Waals surface area contributed by atoms with Crippen LogP contribution in [0, 0.1) is 0 Å². The number of carboxylic acid groups (broad SMARTS) is 1. The number of ether oxygens (including phenoxy) is 1. The van der Waals surface area contributed by atoms with Crippen LogP contribution in [0.2, 0.25) is 0 Å². The molecule has 0 radical (unpaired) electrons. The molecule has 1 aliphatic rings. The highest BCUT2D eigenvalue weighted by molar-refractivity contribution is 5.95. The maximum Gasteiger partial charge on any atom is 0.410 e. The Morgan fingerprint density at radius 1 is 1.11 bits per heavy atom. The summed E-state index contributed by atoms with van der Waals surface area (Å²) in [7, 11) is 1.42. The summed E-state index contributed by atoms with van der Waals surface area (Å²) < 4.78 is 5.36. The van der Waals surface area contributed by atoms with Gasteiger partial charge in [-0.05, 0) is 62.4 Å². The summed E-state index contributed by atoms with van der Waals surface area (Å²) in [5.74, 6) is -3.21. The first-order chi connectivity index (χ1) is 22.2. The Bertz CT molecular complexity index is 1520. The number of nitrogens with one attached hydrogen (secondary N) is 2. The van der Waals surface area contributed by atoms with Gasteiger partial charge in [-0.2, -0.15) is 0 Å². The van der Waals surface area contributed by atoms with E-state index in [9.17, 15) is 34.6 Å². The first kappa shape index (κ1) is 36.6. The summed E-state index contributed by atoms with van der Waals surface area (Å²) in [6.07, 6.45) is 0.986. The third kappa shape index (κ3) is 9.82. The Labute approximate surface area is 274 Å². The van der Waals surface area contributed by atoms with Crippen molar-refractivity contribution in [1.29, 1.82) is 0 Å². The minimum absolute atomic E-state index is 0.0169. The Hall–Kier alpha value is -4.84. The lowest BCUT2D eigenvalue weighted by Crippen LogP contribution is -2.58. The molecule has 0 bridgehead atoms. The SMILES string of the molecule is CCCC[C@@H](NC(=O)[C@H](C)N(C)C(=O)OC(C)(C)C)C(=O)N1CC[C@@H](N=[N+]=[N-])[C@H]1C(=O)N[C@@H](Cc1ccc2ccccc2c1)C(=O)O. The molecule has 2 aromatic carbocycles. The van der Waals surface area contributed by atoms with E-state index < -0.39 is 65.6 Å². The molecule has 3 rings (SSSR count). The van der Waals surface area contributed by atoms with Gasteiger partial charge in [-0.25, -0.2) is 9.59 Å². The third-order valence-corrected chi connectivity index (χ3v) is 8.09. The summed E-state index contributed by atoms with van der Waals surface area (Å²) >= 11 is 0. The minimum Gasteiger partial charge on any atom is -0.480 e. The van der Waals surface area contributed by atoms with E-state index in [0.29, 0.717) is 18.4 Å². The van der Waals surface area contributed by atoms with Gasteiger partial charge in [-0.1, -0.05) is 67.3 Å². The van der Waals surface area contributed by atoms with Crippen LogP contribution in [-0.2, 0) is 30.3 Å². The van der Waals surface area contributed by atoms with Gasteiger partial charge in [0.1, 0.15) is 29.8 Å². The molecule has 47 heavy (non-hydrogen) atoms. The average Bonchev–Trinajstić information content (AvgIpc) is 3.44. The number of amides is 4. The van der Waals surface area contributed by atoms with E-state index in [-0.39, 0.29) is 25.8 Å². The number of hydrogen-bond donors (Lipinski definition) is 3. The van der Waals surface area contributed by atoms with Gasteiger partial charge in [0.2, 0.25) is 17.7 Å². The van der Waals surface area contributed by atoms with E-state index in [2.05, 4.69) is 20.7 Å². The Balaban J connectivity index is 1.81. The van der Waals surface area contributed by atoms with Crippen LogP contribution >= 0.6 is 0 Å². The van der Waals surface area contributed by atoms with Crippen molar-refractivity contribution in [2.75, 3.05) is 13.6 Å². The minimum atomic E-state index is -1.33. The maximum absolute atomic E-state index is 14.0. The van der Waals surface area contributed by atoms with Gasteiger partial charge in [0.25, 0.3) is 0 Å². The molecule has 1 fully saturated rings. The Kier molecular flexibility index (Phi) is 12.6. The molecular weight excluding hydrogens is 606 g/mol. The number of nitrogens with zero attached hydrogens (tertiary/aromatic N) is 5. The molecule has 1 saturated heterocycles. The molecule has 5 atom stereocenters. The van der Waals surface area contributed by atoms with E-state index in [1.54, 1.807) is 26.8 Å². The summed E-state index contributed by atoms with van der Waals surface area (Å²) in [5, 5.41) is 20.9. The molecule has 0 spiro atoms. The number of hydrogen-bond acceptors (Lipinski definition) is 7. The van der Waals surface area contributed by atoms with Crippen molar-refractivity contribution in [2.24, 2.45) is 5.11 Å². The molecule has 1 aliphatic heterocycles. The van der Waals surface area contributed by atoms with Crippen LogP contribution < -0.4 is 10.6 Å². The van der Waals surface area contributed by atoms with Crippen molar-refractivity contribution >= 4 is 40.6 Å². The van der Waals surface area contributed by atoms with Crippen molar-refractivity contribution in [2.45, 2.75) is 103 Å². The maximum atomic E-state index is 14.0. The Morgan fingerprint density at radius 2 is 1.79 bits per heavy atom. The second kappa shape index (κ2) is 16.1. The van der Waals surface area contributed by atoms with Crippen molar-refractivity contribution in [1.82, 2.24) is 20.4 Å². The lowest BCUT2D eigenvalue weighted by atomic mass is 10.0. The fourth-order valence-electron chi connectivity index (χ4n) is 5.41. The van der Waals surface area contributed by atoms with Crippen molar-refractivity contribution in [3.05, 3.63) is 58.5 Å². The van der Waals surface area contributed by atoms with Crippen molar-refractivity contribution in [3.63, 3.8) is 0 Å². The monoisotopic (exact) mass is 651 g/mol. The topological polar surface area (TPSA) is 194 Å². The van der Waals surface area contributed by atoms with Gasteiger partial charge in [0.15, 0.2) is 0 Å². The summed E-state index contributed by atoms with van der Waals surface area (Å²) in [4.78, 5) is 71.0. The lowest BCUT2D eigenvalue weighted by molar-refractivity contribution is -0.145. The van der Waals surface area contributed by atoms with Gasteiger partial charge >= 0.3 is 12.1 Å². The molecule has 1 heterocycles. The predicted molar refractivity (Wildman–Crippen MR) is 175 cm³/mol. The second-order valence-corrected chi connectivity index (χ2v) is 12.8. The number of rotatable bonds is 13. The van der Waals surface area contributed by atoms with E-state index in [1.807, 2.05) is 43.3 Å². The normalized spacial score (nSPS) is 18.0. The quantitative estimate of drug-likeness (QED) is 0.164. The van der Waals surface area contributed by atoms with E-state index in [4.69, 9.17) is 4.74 Å². The first-order valence-electron chi connectivity index (χ1n) is 15.8. The van der Waals surface area contributed by atoms with Crippen LogP contribution in [0.15, 0.2) is 47.6 Å². The van der Waals surface area contributed by atoms with E-state index in [0.717, 1.165) is 15.7 Å². The molecule has 254 valence electrons. The van der Waals surface area contributed by atoms with E-state index >= 15 is 0 Å². The van der Waals surface area contributed by atoms with Crippen LogP contribution in [0.1, 0.15) is 65.9 Å². The number of unbranched alkanes of at least 4 members (excludes halogenated alkanes) is 1. The van der Waals surface area contributed by atoms with E-state index in [1.165, 1.54) is 18.9 Å². The molecule has 0 aliphatic carbocycles. The highest BCUT2D eigenvalue weighted by Gasteiger charge is 2.44. The Morgan fingerprint density at radius 3 is 2.40 bits per heavy atom. The highest BCUT2D eigenvalue weighted by atomic mass is 16.6. The molecule has 0 aromatic heterocycles. The number of carbonyl (C=O) groups excluding carboxylic acids is 4. The van der Waals surface area contributed by atoms with Gasteiger partial charge in [0.05, 0.1) is 6.04 Å². The van der Waals surface area contributed by atoms with Crippen molar-refractivity contribution < 1.29 is 33.8 Å². The smallest absolute Gasteiger partial charge is 0.410 e. The second-order valence-electron chi connectivity index (χ2n) is 12.8. The predicted octanol–water partition coefficient (Wildman–Crippen LogP) is 4.16. The number of carbonyl (C=O) groups is 5. The van der Waals surface area contributed by atoms with Crippen LogP contribution in [0.4, 0.5) is 4.79 Å². The number of azide groups is 1. The average molecular weight is 652 g/mol. The summed E-state index contributed by atoms with van der Waals surface area (Å²) in [6, 6.07) is 7.54.